The van der Waals surface area contributed by atoms with Gasteiger partial charge in [-0.2, -0.15) is 0 Å². The molecule has 1 aliphatic rings. The molecule has 0 unspecified atom stereocenters. The van der Waals surface area contributed by atoms with E-state index in [2.05, 4.69) is 37.5 Å². The number of carbonyl (C=O) groups excluding carboxylic acids is 1. The lowest BCUT2D eigenvalue weighted by molar-refractivity contribution is 0.0730. The Kier molecular flexibility index (Phi) is 4.31. The molecule has 3 aromatic rings. The van der Waals surface area contributed by atoms with Crippen LogP contribution in [0, 0.1) is 0 Å². The van der Waals surface area contributed by atoms with E-state index < -0.39 is 0 Å². The number of nitrogens with zero attached hydrogens (tertiary/aromatic N) is 5. The maximum absolute atomic E-state index is 13.1. The fraction of sp³-hybridized carbons (Fsp3) is 0.222. The molecule has 0 aliphatic heterocycles. The predicted octanol–water partition coefficient (Wildman–Crippen LogP) is 3.23. The predicted molar refractivity (Wildman–Crippen MR) is 96.2 cm³/mol. The van der Waals surface area contributed by atoms with E-state index in [4.69, 9.17) is 0 Å². The number of aromatic nitrogens is 4. The molecule has 0 spiro atoms. The van der Waals surface area contributed by atoms with Crippen molar-refractivity contribution in [1.29, 1.82) is 0 Å². The molecule has 6 nitrogen and oxygen atoms in total. The van der Waals surface area contributed by atoms with Crippen molar-refractivity contribution in [1.82, 2.24) is 25.1 Å². The average Bonchev–Trinajstić information content (AvgIpc) is 3.32. The number of benzene rings is 2. The summed E-state index contributed by atoms with van der Waals surface area (Å²) in [6, 6.07) is 15.8. The second-order valence-corrected chi connectivity index (χ2v) is 7.01. The average molecular weight is 398 g/mol. The molecule has 1 saturated carbocycles. The van der Waals surface area contributed by atoms with Crippen molar-refractivity contribution in [2.24, 2.45) is 0 Å². The number of hydrogen-bond acceptors (Lipinski definition) is 4. The van der Waals surface area contributed by atoms with Crippen LogP contribution < -0.4 is 0 Å². The zero-order chi connectivity index (χ0) is 17.2. The van der Waals surface area contributed by atoms with Crippen molar-refractivity contribution in [3.05, 3.63) is 70.5 Å². The quantitative estimate of drug-likeness (QED) is 0.662. The number of carbonyl (C=O) groups is 1. The molecular formula is C18H16BrN5O. The van der Waals surface area contributed by atoms with Crippen molar-refractivity contribution in [2.75, 3.05) is 0 Å². The summed E-state index contributed by atoms with van der Waals surface area (Å²) in [4.78, 5) is 15.0. The van der Waals surface area contributed by atoms with E-state index in [-0.39, 0.29) is 5.91 Å². The van der Waals surface area contributed by atoms with Crippen LogP contribution in [0.2, 0.25) is 0 Å². The third kappa shape index (κ3) is 3.61. The Labute approximate surface area is 153 Å². The van der Waals surface area contributed by atoms with E-state index in [1.54, 1.807) is 4.68 Å². The van der Waals surface area contributed by atoms with Crippen molar-refractivity contribution in [3.63, 3.8) is 0 Å². The molecule has 1 fully saturated rings. The molecular weight excluding hydrogens is 382 g/mol. The summed E-state index contributed by atoms with van der Waals surface area (Å²) in [5.41, 5.74) is 2.54. The second-order valence-electron chi connectivity index (χ2n) is 6.10. The highest BCUT2D eigenvalue weighted by Gasteiger charge is 2.33. The van der Waals surface area contributed by atoms with Crippen LogP contribution in [0.15, 0.2) is 59.3 Å². The van der Waals surface area contributed by atoms with E-state index >= 15 is 0 Å². The van der Waals surface area contributed by atoms with Crippen LogP contribution in [0.5, 0.6) is 0 Å². The van der Waals surface area contributed by atoms with Gasteiger partial charge in [-0.15, -0.1) is 5.10 Å². The van der Waals surface area contributed by atoms with Crippen LogP contribution in [0.3, 0.4) is 0 Å². The van der Waals surface area contributed by atoms with Gasteiger partial charge < -0.3 is 4.90 Å². The fourth-order valence-electron chi connectivity index (χ4n) is 2.81. The zero-order valence-electron chi connectivity index (χ0n) is 13.4. The molecule has 0 bridgehead atoms. The molecule has 0 atom stereocenters. The minimum Gasteiger partial charge on any atom is -0.331 e. The number of halogens is 1. The minimum atomic E-state index is 0.0393. The molecule has 0 radical (unpaired) electrons. The van der Waals surface area contributed by atoms with Gasteiger partial charge in [-0.25, -0.2) is 4.68 Å². The summed E-state index contributed by atoms with van der Waals surface area (Å²) < 4.78 is 2.57. The zero-order valence-corrected chi connectivity index (χ0v) is 15.0. The smallest absolute Gasteiger partial charge is 0.254 e. The minimum absolute atomic E-state index is 0.0393. The van der Waals surface area contributed by atoms with E-state index in [1.807, 2.05) is 47.4 Å². The number of hydrogen-bond donors (Lipinski definition) is 0. The molecule has 2 aromatic carbocycles. The van der Waals surface area contributed by atoms with Gasteiger partial charge in [0.1, 0.15) is 6.33 Å². The first kappa shape index (κ1) is 16.0. The first-order valence-corrected chi connectivity index (χ1v) is 8.89. The van der Waals surface area contributed by atoms with Gasteiger partial charge in [0, 0.05) is 22.6 Å². The largest absolute Gasteiger partial charge is 0.331 e. The van der Waals surface area contributed by atoms with E-state index in [1.165, 1.54) is 6.33 Å². The highest BCUT2D eigenvalue weighted by atomic mass is 79.9. The van der Waals surface area contributed by atoms with Gasteiger partial charge in [-0.3, -0.25) is 4.79 Å². The Bertz CT molecular complexity index is 892. The molecule has 0 N–H and O–H groups in total. The van der Waals surface area contributed by atoms with Crippen molar-refractivity contribution >= 4 is 21.8 Å². The topological polar surface area (TPSA) is 63.9 Å². The maximum Gasteiger partial charge on any atom is 0.254 e. The lowest BCUT2D eigenvalue weighted by Gasteiger charge is -2.23. The van der Waals surface area contributed by atoms with Crippen molar-refractivity contribution in [3.8, 4) is 5.69 Å². The summed E-state index contributed by atoms with van der Waals surface area (Å²) >= 11 is 3.49. The molecule has 126 valence electrons. The van der Waals surface area contributed by atoms with Gasteiger partial charge in [0.05, 0.1) is 5.69 Å². The fourth-order valence-corrected chi connectivity index (χ4v) is 3.26. The van der Waals surface area contributed by atoms with Crippen LogP contribution in [0.25, 0.3) is 5.69 Å². The molecule has 1 aromatic heterocycles. The van der Waals surface area contributed by atoms with Crippen LogP contribution in [0.4, 0.5) is 0 Å². The summed E-state index contributed by atoms with van der Waals surface area (Å²) in [7, 11) is 0. The summed E-state index contributed by atoms with van der Waals surface area (Å²) in [5.74, 6) is 0.0393. The molecule has 1 heterocycles. The standard InChI is InChI=1S/C18H16BrN5O/c19-15-5-1-3-13(9-15)11-23(16-7-8-16)18(25)14-4-2-6-17(10-14)24-12-20-21-22-24/h1-6,9-10,12,16H,7-8,11H2. The highest BCUT2D eigenvalue weighted by Crippen LogP contribution is 2.30. The third-order valence-electron chi connectivity index (χ3n) is 4.20. The van der Waals surface area contributed by atoms with Crippen LogP contribution in [-0.4, -0.2) is 37.1 Å². The lowest BCUT2D eigenvalue weighted by Crippen LogP contribution is -2.32. The Morgan fingerprint density at radius 2 is 2.04 bits per heavy atom. The van der Waals surface area contributed by atoms with Crippen LogP contribution in [0.1, 0.15) is 28.8 Å². The maximum atomic E-state index is 13.1. The van der Waals surface area contributed by atoms with Crippen molar-refractivity contribution in [2.45, 2.75) is 25.4 Å². The van der Waals surface area contributed by atoms with Crippen LogP contribution in [-0.2, 0) is 6.54 Å². The van der Waals surface area contributed by atoms with E-state index in [0.29, 0.717) is 18.2 Å². The number of tetrazole rings is 1. The molecule has 1 aliphatic carbocycles. The molecule has 4 rings (SSSR count). The Morgan fingerprint density at radius 1 is 1.20 bits per heavy atom. The number of amides is 1. The van der Waals surface area contributed by atoms with E-state index in [0.717, 1.165) is 28.6 Å². The van der Waals surface area contributed by atoms with Gasteiger partial charge in [-0.1, -0.05) is 34.1 Å². The Morgan fingerprint density at radius 3 is 2.76 bits per heavy atom. The van der Waals surface area contributed by atoms with Crippen LogP contribution >= 0.6 is 15.9 Å². The van der Waals surface area contributed by atoms with Gasteiger partial charge in [0.25, 0.3) is 5.91 Å². The SMILES string of the molecule is O=C(c1cccc(-n2cnnn2)c1)N(Cc1cccc(Br)c1)C1CC1. The molecule has 0 saturated heterocycles. The van der Waals surface area contributed by atoms with Crippen molar-refractivity contribution < 1.29 is 4.79 Å². The second kappa shape index (κ2) is 6.76. The van der Waals surface area contributed by atoms with Gasteiger partial charge in [0.2, 0.25) is 0 Å². The molecule has 7 heteroatoms. The Hall–Kier alpha value is -2.54. The molecule has 25 heavy (non-hydrogen) atoms. The normalized spacial score (nSPS) is 13.6. The summed E-state index contributed by atoms with van der Waals surface area (Å²) in [5, 5.41) is 11.2. The van der Waals surface area contributed by atoms with Gasteiger partial charge in [-0.05, 0) is 59.2 Å². The Balaban J connectivity index is 1.60. The first-order chi connectivity index (χ1) is 12.2. The summed E-state index contributed by atoms with van der Waals surface area (Å²) in [6.07, 6.45) is 3.64. The van der Waals surface area contributed by atoms with Gasteiger partial charge >= 0.3 is 0 Å². The first-order valence-electron chi connectivity index (χ1n) is 8.09. The summed E-state index contributed by atoms with van der Waals surface area (Å²) in [6.45, 7) is 0.609. The highest BCUT2D eigenvalue weighted by molar-refractivity contribution is 9.10. The lowest BCUT2D eigenvalue weighted by atomic mass is 10.1. The number of rotatable bonds is 5. The van der Waals surface area contributed by atoms with E-state index in [9.17, 15) is 4.79 Å². The molecule has 1 amide bonds. The monoisotopic (exact) mass is 397 g/mol. The third-order valence-corrected chi connectivity index (χ3v) is 4.69. The van der Waals surface area contributed by atoms with Gasteiger partial charge in [0.15, 0.2) is 0 Å².